The third-order valence-electron chi connectivity index (χ3n) is 4.35. The van der Waals surface area contributed by atoms with E-state index in [0.29, 0.717) is 17.5 Å². The lowest BCUT2D eigenvalue weighted by molar-refractivity contribution is 0.219. The molecule has 0 aromatic heterocycles. The Balaban J connectivity index is 1.60. The molecule has 0 aliphatic carbocycles. The summed E-state index contributed by atoms with van der Waals surface area (Å²) < 4.78 is 22.7. The molecule has 2 fully saturated rings. The third kappa shape index (κ3) is 4.70. The number of hydrogen-bond acceptors (Lipinski definition) is 5. The van der Waals surface area contributed by atoms with E-state index in [1.54, 1.807) is 0 Å². The van der Waals surface area contributed by atoms with Crippen molar-refractivity contribution >= 4 is 9.84 Å². The van der Waals surface area contributed by atoms with Gasteiger partial charge in [-0.25, -0.2) is 8.42 Å². The fourth-order valence-corrected chi connectivity index (χ4v) is 4.78. The molecule has 6 heteroatoms. The first-order valence-corrected chi connectivity index (χ1v) is 9.11. The van der Waals surface area contributed by atoms with Gasteiger partial charge in [0.25, 0.3) is 0 Å². The van der Waals surface area contributed by atoms with E-state index in [-0.39, 0.29) is 6.04 Å². The van der Waals surface area contributed by atoms with Crippen LogP contribution in [0.5, 0.6) is 0 Å². The lowest BCUT2D eigenvalue weighted by atomic mass is 10.2. The van der Waals surface area contributed by atoms with Gasteiger partial charge in [-0.3, -0.25) is 0 Å². The molecule has 112 valence electrons. The van der Waals surface area contributed by atoms with Gasteiger partial charge >= 0.3 is 0 Å². The molecule has 0 aromatic carbocycles. The van der Waals surface area contributed by atoms with Crippen LogP contribution in [0.3, 0.4) is 0 Å². The molecule has 2 aliphatic heterocycles. The lowest BCUT2D eigenvalue weighted by Gasteiger charge is -2.26. The normalized spacial score (nSPS) is 31.3. The van der Waals surface area contributed by atoms with Crippen LogP contribution in [0.4, 0.5) is 0 Å². The van der Waals surface area contributed by atoms with Gasteiger partial charge in [-0.1, -0.05) is 0 Å². The lowest BCUT2D eigenvalue weighted by Crippen LogP contribution is -2.41. The SMILES string of the molecule is CN(CCNC1CCS(=O)(=O)C1)CC1CCCN1C. The van der Waals surface area contributed by atoms with Crippen LogP contribution in [0.1, 0.15) is 19.3 Å². The summed E-state index contributed by atoms with van der Waals surface area (Å²) in [5.41, 5.74) is 0. The first-order chi connectivity index (χ1) is 8.96. The van der Waals surface area contributed by atoms with Crippen molar-refractivity contribution in [3.05, 3.63) is 0 Å². The van der Waals surface area contributed by atoms with Crippen LogP contribution < -0.4 is 5.32 Å². The summed E-state index contributed by atoms with van der Waals surface area (Å²) in [5, 5.41) is 3.37. The van der Waals surface area contributed by atoms with Crippen molar-refractivity contribution in [1.82, 2.24) is 15.1 Å². The molecule has 5 nitrogen and oxygen atoms in total. The van der Waals surface area contributed by atoms with E-state index in [1.165, 1.54) is 19.4 Å². The van der Waals surface area contributed by atoms with Gasteiger partial charge in [0.05, 0.1) is 11.5 Å². The topological polar surface area (TPSA) is 52.7 Å². The number of sulfone groups is 1. The van der Waals surface area contributed by atoms with Crippen LogP contribution in [-0.2, 0) is 9.84 Å². The first-order valence-electron chi connectivity index (χ1n) is 7.29. The highest BCUT2D eigenvalue weighted by Crippen LogP contribution is 2.15. The molecule has 2 saturated heterocycles. The Morgan fingerprint density at radius 1 is 1.37 bits per heavy atom. The molecule has 0 aromatic rings. The van der Waals surface area contributed by atoms with Gasteiger partial charge in [-0.2, -0.15) is 0 Å². The van der Waals surface area contributed by atoms with Crippen LogP contribution in [0.15, 0.2) is 0 Å². The largest absolute Gasteiger partial charge is 0.312 e. The number of nitrogens with zero attached hydrogens (tertiary/aromatic N) is 2. The molecular formula is C13H27N3O2S. The summed E-state index contributed by atoms with van der Waals surface area (Å²) in [5.74, 6) is 0.676. The van der Waals surface area contributed by atoms with Crippen LogP contribution in [0, 0.1) is 0 Å². The zero-order chi connectivity index (χ0) is 13.9. The summed E-state index contributed by atoms with van der Waals surface area (Å²) in [7, 11) is 1.60. The summed E-state index contributed by atoms with van der Waals surface area (Å²) in [6.45, 7) is 4.20. The van der Waals surface area contributed by atoms with Gasteiger partial charge in [-0.05, 0) is 39.9 Å². The minimum Gasteiger partial charge on any atom is -0.312 e. The molecule has 0 amide bonds. The number of likely N-dealkylation sites (N-methyl/N-ethyl adjacent to an activating group) is 2. The first kappa shape index (κ1) is 15.2. The second-order valence-electron chi connectivity index (χ2n) is 6.09. The molecule has 1 N–H and O–H groups in total. The van der Waals surface area contributed by atoms with Crippen molar-refractivity contribution in [1.29, 1.82) is 0 Å². The average molecular weight is 289 g/mol. The van der Waals surface area contributed by atoms with Crippen molar-refractivity contribution < 1.29 is 8.42 Å². The van der Waals surface area contributed by atoms with Crippen molar-refractivity contribution in [3.8, 4) is 0 Å². The Morgan fingerprint density at radius 2 is 2.16 bits per heavy atom. The van der Waals surface area contributed by atoms with Crippen molar-refractivity contribution in [2.75, 3.05) is 51.8 Å². The van der Waals surface area contributed by atoms with Crippen molar-refractivity contribution in [3.63, 3.8) is 0 Å². The molecule has 2 atom stereocenters. The number of rotatable bonds is 6. The highest BCUT2D eigenvalue weighted by Gasteiger charge is 2.27. The average Bonchev–Trinajstić information content (AvgIpc) is 2.86. The highest BCUT2D eigenvalue weighted by atomic mass is 32.2. The van der Waals surface area contributed by atoms with Gasteiger partial charge in [0, 0.05) is 31.7 Å². The van der Waals surface area contributed by atoms with Crippen LogP contribution in [-0.4, -0.2) is 82.1 Å². The van der Waals surface area contributed by atoms with E-state index in [9.17, 15) is 8.42 Å². The molecule has 2 unspecified atom stereocenters. The van der Waals surface area contributed by atoms with Gasteiger partial charge in [-0.15, -0.1) is 0 Å². The zero-order valence-electron chi connectivity index (χ0n) is 12.1. The Hall–Kier alpha value is -0.170. The van der Waals surface area contributed by atoms with Gasteiger partial charge in [0.15, 0.2) is 9.84 Å². The second kappa shape index (κ2) is 6.52. The zero-order valence-corrected chi connectivity index (χ0v) is 13.0. The van der Waals surface area contributed by atoms with Crippen LogP contribution in [0.2, 0.25) is 0 Å². The van der Waals surface area contributed by atoms with Crippen LogP contribution >= 0.6 is 0 Å². The smallest absolute Gasteiger partial charge is 0.151 e. The van der Waals surface area contributed by atoms with E-state index >= 15 is 0 Å². The summed E-state index contributed by atoms with van der Waals surface area (Å²) in [6, 6.07) is 0.865. The maximum absolute atomic E-state index is 11.3. The molecule has 0 saturated carbocycles. The van der Waals surface area contributed by atoms with E-state index < -0.39 is 9.84 Å². The Labute approximate surface area is 117 Å². The molecule has 0 radical (unpaired) electrons. The van der Waals surface area contributed by atoms with Crippen LogP contribution in [0.25, 0.3) is 0 Å². The van der Waals surface area contributed by atoms with Gasteiger partial charge in [0.2, 0.25) is 0 Å². The third-order valence-corrected chi connectivity index (χ3v) is 6.12. The predicted octanol–water partition coefficient (Wildman–Crippen LogP) is -0.211. The minimum absolute atomic E-state index is 0.174. The monoisotopic (exact) mass is 289 g/mol. The molecule has 0 spiro atoms. The second-order valence-corrected chi connectivity index (χ2v) is 8.32. The van der Waals surface area contributed by atoms with E-state index in [2.05, 4.69) is 29.2 Å². The van der Waals surface area contributed by atoms with Crippen molar-refractivity contribution in [2.45, 2.75) is 31.3 Å². The highest BCUT2D eigenvalue weighted by molar-refractivity contribution is 7.91. The molecular weight excluding hydrogens is 262 g/mol. The Morgan fingerprint density at radius 3 is 2.74 bits per heavy atom. The number of nitrogens with one attached hydrogen (secondary N) is 1. The summed E-state index contributed by atoms with van der Waals surface area (Å²) in [6.07, 6.45) is 3.39. The molecule has 19 heavy (non-hydrogen) atoms. The van der Waals surface area contributed by atoms with E-state index in [4.69, 9.17) is 0 Å². The maximum atomic E-state index is 11.3. The molecule has 2 rings (SSSR count). The number of likely N-dealkylation sites (tertiary alicyclic amines) is 1. The standard InChI is InChI=1S/C13H27N3O2S/c1-15(10-13-4-3-7-16(13)2)8-6-14-12-5-9-19(17,18)11-12/h12-14H,3-11H2,1-2H3. The molecule has 0 bridgehead atoms. The summed E-state index contributed by atoms with van der Waals surface area (Å²) in [4.78, 5) is 4.79. The maximum Gasteiger partial charge on any atom is 0.151 e. The Kier molecular flexibility index (Phi) is 5.22. The quantitative estimate of drug-likeness (QED) is 0.733. The minimum atomic E-state index is -2.75. The molecule has 2 heterocycles. The summed E-state index contributed by atoms with van der Waals surface area (Å²) >= 11 is 0. The Bertz CT molecular complexity index is 385. The van der Waals surface area contributed by atoms with Gasteiger partial charge < -0.3 is 15.1 Å². The predicted molar refractivity (Wildman–Crippen MR) is 78.2 cm³/mol. The number of hydrogen-bond donors (Lipinski definition) is 1. The van der Waals surface area contributed by atoms with Crippen molar-refractivity contribution in [2.24, 2.45) is 0 Å². The van der Waals surface area contributed by atoms with Gasteiger partial charge in [0.1, 0.15) is 0 Å². The fourth-order valence-electron chi connectivity index (χ4n) is 3.08. The van der Waals surface area contributed by atoms with E-state index in [1.807, 2.05) is 0 Å². The van der Waals surface area contributed by atoms with E-state index in [0.717, 1.165) is 26.1 Å². The fraction of sp³-hybridized carbons (Fsp3) is 1.00. The molecule has 2 aliphatic rings.